The Bertz CT molecular complexity index is 2140. The predicted molar refractivity (Wildman–Crippen MR) is 194 cm³/mol. The van der Waals surface area contributed by atoms with Gasteiger partial charge < -0.3 is 17.4 Å². The van der Waals surface area contributed by atoms with Crippen LogP contribution in [0.15, 0.2) is 137 Å². The van der Waals surface area contributed by atoms with Crippen molar-refractivity contribution in [3.8, 4) is 5.75 Å². The van der Waals surface area contributed by atoms with Gasteiger partial charge in [-0.25, -0.2) is 13.0 Å². The number of rotatable bonds is 11. The Morgan fingerprint density at radius 2 is 1.37 bits per heavy atom. The van der Waals surface area contributed by atoms with Gasteiger partial charge in [-0.1, -0.05) is 72.8 Å². The third kappa shape index (κ3) is 9.37. The zero-order valence-electron chi connectivity index (χ0n) is 29.2. The largest absolute Gasteiger partial charge is 2.00 e. The van der Waals surface area contributed by atoms with Crippen molar-refractivity contribution >= 4 is 74.9 Å². The maximum Gasteiger partial charge on any atom is 2.00 e. The number of hydrogen-bond donors (Lipinski definition) is 2. The average Bonchev–Trinajstić information content (AvgIpc) is 3.07. The Kier molecular flexibility index (Phi) is 12.8. The first-order chi connectivity index (χ1) is 22.9. The summed E-state index contributed by atoms with van der Waals surface area (Å²) in [4.78, 5) is 0.194. The van der Waals surface area contributed by atoms with Crippen LogP contribution in [0.25, 0.3) is 5.57 Å². The topological polar surface area (TPSA) is 138 Å². The van der Waals surface area contributed by atoms with Gasteiger partial charge in [0.25, 0.3) is 10.1 Å². The van der Waals surface area contributed by atoms with E-state index in [1.54, 1.807) is 24.3 Å². The zero-order chi connectivity index (χ0) is 34.5. The van der Waals surface area contributed by atoms with Gasteiger partial charge in [0.1, 0.15) is 27.3 Å². The molecular formula is C37H38CaN2O7S2. The van der Waals surface area contributed by atoms with Crippen molar-refractivity contribution < 1.29 is 38.5 Å². The number of allylic oxidation sites excluding steroid dienone is 5. The van der Waals surface area contributed by atoms with E-state index < -0.39 is 35.8 Å². The normalized spacial score (nSPS) is 12.8. The second kappa shape index (κ2) is 16.4. The van der Waals surface area contributed by atoms with Crippen LogP contribution < -0.4 is 4.90 Å². The van der Waals surface area contributed by atoms with Crippen LogP contribution in [0.2, 0.25) is 0 Å². The average molecular weight is 727 g/mol. The number of phenolic OH excluding ortho intramolecular Hbond substituents is 1. The molecule has 0 saturated carbocycles. The second-order valence-corrected chi connectivity index (χ2v) is 14.0. The monoisotopic (exact) mass is 726 g/mol. The maximum atomic E-state index is 12.6. The van der Waals surface area contributed by atoms with Crippen molar-refractivity contribution in [1.82, 2.24) is 0 Å². The molecule has 0 atom stereocenters. The van der Waals surface area contributed by atoms with Crippen LogP contribution in [0, 0.1) is 0 Å². The molecule has 49 heavy (non-hydrogen) atoms. The van der Waals surface area contributed by atoms with Gasteiger partial charge in [0.15, 0.2) is 12.3 Å². The molecule has 9 nitrogen and oxygen atoms in total. The van der Waals surface area contributed by atoms with Crippen molar-refractivity contribution in [1.29, 1.82) is 0 Å². The number of aromatic hydroxyl groups is 1. The molecule has 0 bridgehead atoms. The molecule has 5 rings (SSSR count). The molecule has 0 aromatic heterocycles. The Balaban J connectivity index is 0.00000300. The Hall–Kier alpha value is -3.55. The fourth-order valence-electron chi connectivity index (χ4n) is 5.69. The molecular weight excluding hydrogens is 689 g/mol. The molecule has 4 aromatic rings. The molecule has 0 spiro atoms. The minimum Gasteiger partial charge on any atom is -1.00 e. The van der Waals surface area contributed by atoms with E-state index in [9.17, 15) is 31.0 Å². The van der Waals surface area contributed by atoms with Crippen molar-refractivity contribution in [3.63, 3.8) is 0 Å². The number of benzene rings is 4. The van der Waals surface area contributed by atoms with Crippen LogP contribution >= 0.6 is 0 Å². The molecule has 0 aliphatic heterocycles. The Labute approximate surface area is 320 Å². The molecule has 0 fully saturated rings. The summed E-state index contributed by atoms with van der Waals surface area (Å²) in [6, 6.07) is 28.7. The molecule has 0 heterocycles. The summed E-state index contributed by atoms with van der Waals surface area (Å²) in [5, 5.41) is 10.7. The molecule has 1 aliphatic rings. The van der Waals surface area contributed by atoms with Crippen LogP contribution in [0.3, 0.4) is 0 Å². The predicted octanol–water partition coefficient (Wildman–Crippen LogP) is 6.02. The Morgan fingerprint density at radius 1 is 0.796 bits per heavy atom. The van der Waals surface area contributed by atoms with Crippen molar-refractivity contribution in [2.75, 3.05) is 18.0 Å². The van der Waals surface area contributed by atoms with Crippen LogP contribution in [-0.2, 0) is 33.3 Å². The first-order valence-electron chi connectivity index (χ1n) is 15.4. The first-order valence-corrected chi connectivity index (χ1v) is 18.2. The van der Waals surface area contributed by atoms with Gasteiger partial charge in [-0.2, -0.15) is 8.42 Å². The standard InChI is InChI=1S/C37H36N2O7S2.Ca.2H/c1-3-38(25-27-11-7-5-8-12-27)31-19-15-29(16-20-31)37(33-23-34(40)36(48(44,45)46)24-35(33)47(41,42)43)30-17-21-32(22-18-30)39(4-2)26-28-13-9-6-10-14-28;;;/h5-24H,3-4,25-26H2,1-2H3,(H2-,40,41,42,43,44,45,46);;;/q;+2;2*-1. The van der Waals surface area contributed by atoms with E-state index in [-0.39, 0.29) is 51.7 Å². The smallest absolute Gasteiger partial charge is 1.00 e. The second-order valence-electron chi connectivity index (χ2n) is 11.2. The number of nitrogens with zero attached hydrogens (tertiary/aromatic N) is 2. The van der Waals surface area contributed by atoms with Crippen molar-refractivity contribution in [3.05, 3.63) is 149 Å². The first kappa shape index (κ1) is 38.3. The van der Waals surface area contributed by atoms with Gasteiger partial charge in [-0.3, -0.25) is 4.55 Å². The van der Waals surface area contributed by atoms with Crippen LogP contribution in [-0.4, -0.2) is 92.2 Å². The minimum atomic E-state index is -5.29. The molecule has 0 radical (unpaired) electrons. The van der Waals surface area contributed by atoms with E-state index in [4.69, 9.17) is 0 Å². The zero-order valence-corrected chi connectivity index (χ0v) is 31.1. The molecule has 1 aliphatic carbocycles. The number of hydrogen-bond acceptors (Lipinski definition) is 7. The third-order valence-electron chi connectivity index (χ3n) is 8.12. The van der Waals surface area contributed by atoms with E-state index in [0.29, 0.717) is 43.4 Å². The summed E-state index contributed by atoms with van der Waals surface area (Å²) < 4.78 is 73.5. The van der Waals surface area contributed by atoms with Crippen LogP contribution in [0.1, 0.15) is 39.0 Å². The summed E-state index contributed by atoms with van der Waals surface area (Å²) >= 11 is 0. The molecule has 2 N–H and O–H groups in total. The van der Waals surface area contributed by atoms with E-state index >= 15 is 0 Å². The summed E-state index contributed by atoms with van der Waals surface area (Å²) in [6.45, 7) is 6.83. The van der Waals surface area contributed by atoms with Gasteiger partial charge in [0, 0.05) is 42.1 Å². The van der Waals surface area contributed by atoms with E-state index in [0.717, 1.165) is 28.6 Å². The quantitative estimate of drug-likeness (QED) is 0.109. The maximum absolute atomic E-state index is 12.6. The molecule has 12 heteroatoms. The third-order valence-corrected chi connectivity index (χ3v) is 9.88. The van der Waals surface area contributed by atoms with Gasteiger partial charge in [-0.15, -0.1) is 0 Å². The van der Waals surface area contributed by atoms with Gasteiger partial charge >= 0.3 is 37.7 Å². The molecule has 4 aromatic carbocycles. The number of phenols is 1. The molecule has 0 saturated heterocycles. The fourth-order valence-corrected chi connectivity index (χ4v) is 7.05. The summed E-state index contributed by atoms with van der Waals surface area (Å²) in [6.07, 6.45) is 7.34. The minimum absolute atomic E-state index is 0. The molecule has 0 amide bonds. The van der Waals surface area contributed by atoms with E-state index in [1.807, 2.05) is 98.8 Å². The number of anilines is 1. The van der Waals surface area contributed by atoms with Crippen LogP contribution in [0.5, 0.6) is 5.75 Å². The Morgan fingerprint density at radius 3 is 1.88 bits per heavy atom. The van der Waals surface area contributed by atoms with Crippen molar-refractivity contribution in [2.24, 2.45) is 0 Å². The van der Waals surface area contributed by atoms with E-state index in [1.165, 1.54) is 0 Å². The SMILES string of the molecule is CCN(Cc1ccccc1)c1ccc(C(=C2C=CC(=[N+](CC)Cc3ccccc3)C=C2)c2cc(O)c(S(=O)(=O)O)cc2S(=O)(=O)[O-])cc1.[Ca+2].[H-].[H-]. The van der Waals surface area contributed by atoms with Gasteiger partial charge in [0.2, 0.25) is 0 Å². The fraction of sp³-hybridized carbons (Fsp3) is 0.162. The van der Waals surface area contributed by atoms with E-state index in [2.05, 4.69) is 9.48 Å². The summed E-state index contributed by atoms with van der Waals surface area (Å²) in [5.74, 6) is -0.898. The summed E-state index contributed by atoms with van der Waals surface area (Å²) in [7, 11) is -10.3. The molecule has 0 unspecified atom stereocenters. The van der Waals surface area contributed by atoms with Gasteiger partial charge in [0.05, 0.1) is 4.90 Å². The molecule has 252 valence electrons. The summed E-state index contributed by atoms with van der Waals surface area (Å²) in [5.41, 5.74) is 5.17. The van der Waals surface area contributed by atoms with Crippen molar-refractivity contribution in [2.45, 2.75) is 36.7 Å². The van der Waals surface area contributed by atoms with Gasteiger partial charge in [-0.05, 0) is 72.5 Å². The van der Waals surface area contributed by atoms with Crippen LogP contribution in [0.4, 0.5) is 5.69 Å².